The number of hydrogen-bond acceptors (Lipinski definition) is 5. The van der Waals surface area contributed by atoms with Gasteiger partial charge in [0.15, 0.2) is 0 Å². The van der Waals surface area contributed by atoms with Gasteiger partial charge in [-0.25, -0.2) is 0 Å². The maximum Gasteiger partial charge on any atom is 0.243 e. The molecular weight excluding hydrogens is 486 g/mol. The standard InChI is InChI=1S/C29H31N3O2S2/c1-18(33)31-21-11-8-12-22(16-21)35-26(19-9-6-5-7-10-19)27(34)32-28-24(17-30)23-14-13-20(29(2,3)4)15-25(23)36-28/h5-12,16,20,26H,13-15H2,1-4H3,(H,31,33)(H,32,34). The van der Waals surface area contributed by atoms with Gasteiger partial charge in [-0.3, -0.25) is 9.59 Å². The zero-order valence-corrected chi connectivity index (χ0v) is 22.7. The van der Waals surface area contributed by atoms with Crippen LogP contribution in [0, 0.1) is 22.7 Å². The van der Waals surface area contributed by atoms with Crippen molar-refractivity contribution >= 4 is 45.6 Å². The molecule has 7 heteroatoms. The van der Waals surface area contributed by atoms with Crippen molar-refractivity contribution in [2.75, 3.05) is 10.6 Å². The molecule has 2 N–H and O–H groups in total. The van der Waals surface area contributed by atoms with Crippen molar-refractivity contribution < 1.29 is 9.59 Å². The summed E-state index contributed by atoms with van der Waals surface area (Å²) in [5.41, 5.74) is 3.48. The summed E-state index contributed by atoms with van der Waals surface area (Å²) in [6.45, 7) is 8.28. The number of nitrogens with zero attached hydrogens (tertiary/aromatic N) is 1. The molecule has 0 saturated heterocycles. The summed E-state index contributed by atoms with van der Waals surface area (Å²) in [7, 11) is 0. The number of rotatable bonds is 6. The molecule has 4 rings (SSSR count). The molecule has 2 amide bonds. The molecule has 0 spiro atoms. The van der Waals surface area contributed by atoms with Crippen molar-refractivity contribution in [3.63, 3.8) is 0 Å². The highest BCUT2D eigenvalue weighted by Gasteiger charge is 2.33. The lowest BCUT2D eigenvalue weighted by Crippen LogP contribution is -2.26. The van der Waals surface area contributed by atoms with Gasteiger partial charge in [0, 0.05) is 22.4 Å². The number of hydrogen-bond donors (Lipinski definition) is 2. The molecule has 1 heterocycles. The average Bonchev–Trinajstić information content (AvgIpc) is 3.18. The van der Waals surface area contributed by atoms with Crippen molar-refractivity contribution in [3.8, 4) is 6.07 Å². The van der Waals surface area contributed by atoms with Gasteiger partial charge in [-0.2, -0.15) is 5.26 Å². The van der Waals surface area contributed by atoms with Gasteiger partial charge in [-0.05, 0) is 59.9 Å². The monoisotopic (exact) mass is 517 g/mol. The number of thioether (sulfide) groups is 1. The van der Waals surface area contributed by atoms with Gasteiger partial charge < -0.3 is 10.6 Å². The maximum atomic E-state index is 13.7. The van der Waals surface area contributed by atoms with Crippen LogP contribution in [0.2, 0.25) is 0 Å². The van der Waals surface area contributed by atoms with E-state index in [4.69, 9.17) is 0 Å². The van der Waals surface area contributed by atoms with E-state index in [-0.39, 0.29) is 17.2 Å². The lowest BCUT2D eigenvalue weighted by atomic mass is 9.72. The minimum atomic E-state index is -0.522. The summed E-state index contributed by atoms with van der Waals surface area (Å²) in [6.07, 6.45) is 2.88. The SMILES string of the molecule is CC(=O)Nc1cccc(SC(C(=O)Nc2sc3c(c2C#N)CCC(C(C)(C)C)C3)c2ccccc2)c1. The zero-order valence-electron chi connectivity index (χ0n) is 21.1. The van der Waals surface area contributed by atoms with E-state index >= 15 is 0 Å². The molecule has 1 aliphatic carbocycles. The number of fused-ring (bicyclic) bond motifs is 1. The minimum absolute atomic E-state index is 0.145. The Morgan fingerprint density at radius 2 is 1.86 bits per heavy atom. The molecule has 1 aromatic heterocycles. The molecule has 0 aliphatic heterocycles. The third-order valence-corrected chi connectivity index (χ3v) is 9.01. The van der Waals surface area contributed by atoms with Crippen LogP contribution in [0.5, 0.6) is 0 Å². The summed E-state index contributed by atoms with van der Waals surface area (Å²) >= 11 is 2.97. The molecule has 2 atom stereocenters. The Morgan fingerprint density at radius 3 is 2.53 bits per heavy atom. The highest BCUT2D eigenvalue weighted by atomic mass is 32.2. The first-order valence-corrected chi connectivity index (χ1v) is 13.8. The van der Waals surface area contributed by atoms with Crippen LogP contribution in [-0.2, 0) is 22.4 Å². The van der Waals surface area contributed by atoms with Crippen LogP contribution in [-0.4, -0.2) is 11.8 Å². The third kappa shape index (κ3) is 6.00. The number of nitriles is 1. The van der Waals surface area contributed by atoms with E-state index in [9.17, 15) is 14.9 Å². The van der Waals surface area contributed by atoms with Crippen molar-refractivity contribution in [1.82, 2.24) is 0 Å². The maximum absolute atomic E-state index is 13.7. The Balaban J connectivity index is 1.61. The van der Waals surface area contributed by atoms with Crippen LogP contribution in [0.4, 0.5) is 10.7 Å². The number of thiophene rings is 1. The average molecular weight is 518 g/mol. The van der Waals surface area contributed by atoms with Crippen LogP contribution in [0.3, 0.4) is 0 Å². The molecule has 5 nitrogen and oxygen atoms in total. The van der Waals surface area contributed by atoms with E-state index in [0.29, 0.717) is 22.2 Å². The van der Waals surface area contributed by atoms with E-state index in [1.54, 1.807) is 11.3 Å². The van der Waals surface area contributed by atoms with Crippen LogP contribution in [0.25, 0.3) is 0 Å². The van der Waals surface area contributed by atoms with Gasteiger partial charge in [0.2, 0.25) is 11.8 Å². The zero-order chi connectivity index (χ0) is 25.9. The first kappa shape index (κ1) is 26.0. The van der Waals surface area contributed by atoms with Gasteiger partial charge in [0.25, 0.3) is 0 Å². The molecular formula is C29H31N3O2S2. The lowest BCUT2D eigenvalue weighted by Gasteiger charge is -2.33. The van der Waals surface area contributed by atoms with Crippen LogP contribution in [0.15, 0.2) is 59.5 Å². The molecule has 36 heavy (non-hydrogen) atoms. The van der Waals surface area contributed by atoms with Gasteiger partial charge >= 0.3 is 0 Å². The summed E-state index contributed by atoms with van der Waals surface area (Å²) < 4.78 is 0. The molecule has 3 aromatic rings. The minimum Gasteiger partial charge on any atom is -0.326 e. The number of carbonyl (C=O) groups excluding carboxylic acids is 2. The van der Waals surface area contributed by atoms with Crippen molar-refractivity contribution in [2.45, 2.75) is 57.1 Å². The highest BCUT2D eigenvalue weighted by Crippen LogP contribution is 2.45. The van der Waals surface area contributed by atoms with Crippen LogP contribution < -0.4 is 10.6 Å². The van der Waals surface area contributed by atoms with Gasteiger partial charge in [-0.1, -0.05) is 57.2 Å². The first-order chi connectivity index (χ1) is 17.2. The quantitative estimate of drug-likeness (QED) is 0.339. The highest BCUT2D eigenvalue weighted by molar-refractivity contribution is 8.00. The second kappa shape index (κ2) is 10.9. The molecule has 2 unspecified atom stereocenters. The normalized spacial score (nSPS) is 15.9. The third-order valence-electron chi connectivity index (χ3n) is 6.59. The van der Waals surface area contributed by atoms with Gasteiger partial charge in [0.05, 0.1) is 5.56 Å². The fourth-order valence-corrected chi connectivity index (χ4v) is 6.96. The van der Waals surface area contributed by atoms with E-state index < -0.39 is 5.25 Å². The predicted molar refractivity (Wildman–Crippen MR) is 148 cm³/mol. The predicted octanol–water partition coefficient (Wildman–Crippen LogP) is 7.20. The number of nitrogens with one attached hydrogen (secondary N) is 2. The molecule has 2 aromatic carbocycles. The van der Waals surface area contributed by atoms with Gasteiger partial charge in [-0.15, -0.1) is 23.1 Å². The Labute approximate surface area is 221 Å². The van der Waals surface area contributed by atoms with E-state index in [0.717, 1.165) is 35.3 Å². The van der Waals surface area contributed by atoms with Crippen molar-refractivity contribution in [2.24, 2.45) is 11.3 Å². The number of benzene rings is 2. The summed E-state index contributed by atoms with van der Waals surface area (Å²) in [5, 5.41) is 16.0. The Hall–Kier alpha value is -3.08. The molecule has 0 saturated carbocycles. The Bertz CT molecular complexity index is 1300. The number of amides is 2. The summed E-state index contributed by atoms with van der Waals surface area (Å²) in [4.78, 5) is 27.3. The van der Waals surface area contributed by atoms with Crippen LogP contribution in [0.1, 0.15) is 60.9 Å². The molecule has 0 radical (unpaired) electrons. The first-order valence-electron chi connectivity index (χ1n) is 12.1. The fourth-order valence-electron chi connectivity index (χ4n) is 4.60. The second-order valence-electron chi connectivity index (χ2n) is 10.2. The molecule has 0 fully saturated rings. The van der Waals surface area contributed by atoms with Crippen LogP contribution >= 0.6 is 23.1 Å². The van der Waals surface area contributed by atoms with Gasteiger partial charge in [0.1, 0.15) is 16.3 Å². The fraction of sp³-hybridized carbons (Fsp3) is 0.345. The topological polar surface area (TPSA) is 82.0 Å². The number of carbonyl (C=O) groups is 2. The largest absolute Gasteiger partial charge is 0.326 e. The van der Waals surface area contributed by atoms with Crippen molar-refractivity contribution in [3.05, 3.63) is 76.2 Å². The second-order valence-corrected chi connectivity index (χ2v) is 12.5. The van der Waals surface area contributed by atoms with E-state index in [2.05, 4.69) is 37.5 Å². The smallest absolute Gasteiger partial charge is 0.243 e. The molecule has 1 aliphatic rings. The Morgan fingerprint density at radius 1 is 1.11 bits per heavy atom. The Kier molecular flexibility index (Phi) is 7.87. The lowest BCUT2D eigenvalue weighted by molar-refractivity contribution is -0.116. The molecule has 186 valence electrons. The van der Waals surface area contributed by atoms with Crippen molar-refractivity contribution in [1.29, 1.82) is 5.26 Å². The summed E-state index contributed by atoms with van der Waals surface area (Å²) in [5.74, 6) is 0.245. The van der Waals surface area contributed by atoms with E-state index in [1.807, 2.05) is 54.6 Å². The number of anilines is 2. The summed E-state index contributed by atoms with van der Waals surface area (Å²) in [6, 6.07) is 19.5. The van der Waals surface area contributed by atoms with E-state index in [1.165, 1.54) is 23.6 Å². The molecule has 0 bridgehead atoms.